The molecule has 0 amide bonds. The summed E-state index contributed by atoms with van der Waals surface area (Å²) in [6, 6.07) is 9.05. The van der Waals surface area contributed by atoms with Crippen LogP contribution in [-0.4, -0.2) is 0 Å². The van der Waals surface area contributed by atoms with Crippen molar-refractivity contribution < 1.29 is 0 Å². The van der Waals surface area contributed by atoms with Crippen molar-refractivity contribution in [3.05, 3.63) is 35.4 Å². The Balaban J connectivity index is 2.27. The number of rotatable bonds is 3. The molecule has 1 nitrogen and oxygen atoms in total. The van der Waals surface area contributed by atoms with Gasteiger partial charge in [0, 0.05) is 5.54 Å². The van der Waals surface area contributed by atoms with E-state index in [9.17, 15) is 0 Å². The standard InChI is InChI=1S/C17H27N/c1-4-15-7-5-6-12-17(15,18)16-10-8-14(9-11-16)13(2)3/h8-11,13,15H,4-7,12,18H2,1-3H3. The summed E-state index contributed by atoms with van der Waals surface area (Å²) >= 11 is 0. The van der Waals surface area contributed by atoms with E-state index in [-0.39, 0.29) is 5.54 Å². The highest BCUT2D eigenvalue weighted by atomic mass is 14.8. The normalized spacial score (nSPS) is 28.6. The van der Waals surface area contributed by atoms with E-state index >= 15 is 0 Å². The largest absolute Gasteiger partial charge is 0.321 e. The topological polar surface area (TPSA) is 26.0 Å². The lowest BCUT2D eigenvalue weighted by Gasteiger charge is -2.41. The van der Waals surface area contributed by atoms with Crippen molar-refractivity contribution in [1.82, 2.24) is 0 Å². The maximum absolute atomic E-state index is 6.76. The van der Waals surface area contributed by atoms with Gasteiger partial charge in [-0.15, -0.1) is 0 Å². The van der Waals surface area contributed by atoms with Crippen LogP contribution in [0.15, 0.2) is 24.3 Å². The Morgan fingerprint density at radius 3 is 2.44 bits per heavy atom. The van der Waals surface area contributed by atoms with Crippen LogP contribution in [0.4, 0.5) is 0 Å². The predicted octanol–water partition coefficient (Wildman–Crippen LogP) is 4.56. The lowest BCUT2D eigenvalue weighted by Crippen LogP contribution is -2.46. The van der Waals surface area contributed by atoms with Crippen molar-refractivity contribution in [3.8, 4) is 0 Å². The van der Waals surface area contributed by atoms with Crippen molar-refractivity contribution in [2.45, 2.75) is 64.3 Å². The van der Waals surface area contributed by atoms with Crippen LogP contribution in [0, 0.1) is 5.92 Å². The molecule has 0 radical (unpaired) electrons. The molecule has 0 aliphatic heterocycles. The average Bonchev–Trinajstić information content (AvgIpc) is 2.39. The molecule has 0 aromatic heterocycles. The fourth-order valence-electron chi connectivity index (χ4n) is 3.40. The van der Waals surface area contributed by atoms with Crippen LogP contribution in [0.1, 0.15) is 69.9 Å². The molecule has 1 aromatic carbocycles. The number of nitrogens with two attached hydrogens (primary N) is 1. The summed E-state index contributed by atoms with van der Waals surface area (Å²) in [5, 5.41) is 0. The second kappa shape index (κ2) is 5.44. The highest BCUT2D eigenvalue weighted by Crippen LogP contribution is 2.41. The molecule has 2 rings (SSSR count). The Morgan fingerprint density at radius 1 is 1.22 bits per heavy atom. The fourth-order valence-corrected chi connectivity index (χ4v) is 3.40. The van der Waals surface area contributed by atoms with Crippen molar-refractivity contribution in [2.75, 3.05) is 0 Å². The monoisotopic (exact) mass is 245 g/mol. The quantitative estimate of drug-likeness (QED) is 0.829. The van der Waals surface area contributed by atoms with Gasteiger partial charge in [-0.3, -0.25) is 0 Å². The highest BCUT2D eigenvalue weighted by molar-refractivity contribution is 5.31. The zero-order valence-electron chi connectivity index (χ0n) is 12.1. The van der Waals surface area contributed by atoms with Crippen LogP contribution in [0.2, 0.25) is 0 Å². The van der Waals surface area contributed by atoms with E-state index in [4.69, 9.17) is 5.73 Å². The van der Waals surface area contributed by atoms with Gasteiger partial charge in [-0.1, -0.05) is 64.3 Å². The minimum atomic E-state index is -0.0808. The third-order valence-electron chi connectivity index (χ3n) is 4.73. The first kappa shape index (κ1) is 13.6. The summed E-state index contributed by atoms with van der Waals surface area (Å²) in [6.45, 7) is 6.76. The summed E-state index contributed by atoms with van der Waals surface area (Å²) < 4.78 is 0. The van der Waals surface area contributed by atoms with Gasteiger partial charge in [-0.05, 0) is 35.8 Å². The lowest BCUT2D eigenvalue weighted by molar-refractivity contribution is 0.184. The molecule has 1 fully saturated rings. The van der Waals surface area contributed by atoms with Crippen molar-refractivity contribution in [2.24, 2.45) is 11.7 Å². The Labute approximate surface area is 112 Å². The zero-order chi connectivity index (χ0) is 13.2. The van der Waals surface area contributed by atoms with Crippen molar-refractivity contribution >= 4 is 0 Å². The van der Waals surface area contributed by atoms with Crippen molar-refractivity contribution in [3.63, 3.8) is 0 Å². The highest BCUT2D eigenvalue weighted by Gasteiger charge is 2.37. The van der Waals surface area contributed by atoms with Crippen LogP contribution >= 0.6 is 0 Å². The molecule has 1 aromatic rings. The summed E-state index contributed by atoms with van der Waals surface area (Å²) in [7, 11) is 0. The summed E-state index contributed by atoms with van der Waals surface area (Å²) in [5.74, 6) is 1.25. The minimum absolute atomic E-state index is 0.0808. The van der Waals surface area contributed by atoms with E-state index in [1.165, 1.54) is 36.8 Å². The molecule has 2 N–H and O–H groups in total. The number of hydrogen-bond acceptors (Lipinski definition) is 1. The lowest BCUT2D eigenvalue weighted by atomic mass is 9.68. The van der Waals surface area contributed by atoms with Crippen molar-refractivity contribution in [1.29, 1.82) is 0 Å². The molecule has 1 aliphatic rings. The van der Waals surface area contributed by atoms with Gasteiger partial charge in [0.05, 0.1) is 0 Å². The summed E-state index contributed by atoms with van der Waals surface area (Å²) in [5.41, 5.74) is 9.43. The van der Waals surface area contributed by atoms with E-state index in [1.54, 1.807) is 0 Å². The third-order valence-corrected chi connectivity index (χ3v) is 4.73. The van der Waals surface area contributed by atoms with Crippen LogP contribution in [0.5, 0.6) is 0 Å². The molecule has 1 aliphatic carbocycles. The van der Waals surface area contributed by atoms with Crippen LogP contribution < -0.4 is 5.73 Å². The Hall–Kier alpha value is -0.820. The van der Waals surface area contributed by atoms with Gasteiger partial charge in [0.15, 0.2) is 0 Å². The Bertz CT molecular complexity index is 379. The molecular weight excluding hydrogens is 218 g/mol. The molecule has 0 bridgehead atoms. The van der Waals surface area contributed by atoms with Gasteiger partial charge in [0.2, 0.25) is 0 Å². The van der Waals surface area contributed by atoms with Gasteiger partial charge < -0.3 is 5.73 Å². The van der Waals surface area contributed by atoms with E-state index < -0.39 is 0 Å². The predicted molar refractivity (Wildman–Crippen MR) is 78.6 cm³/mol. The molecule has 100 valence electrons. The first-order valence-electron chi connectivity index (χ1n) is 7.47. The van der Waals surface area contributed by atoms with Gasteiger partial charge in [0.1, 0.15) is 0 Å². The summed E-state index contributed by atoms with van der Waals surface area (Å²) in [4.78, 5) is 0. The molecule has 2 unspecified atom stereocenters. The Morgan fingerprint density at radius 2 is 1.89 bits per heavy atom. The van der Waals surface area contributed by atoms with Gasteiger partial charge in [-0.2, -0.15) is 0 Å². The van der Waals surface area contributed by atoms with E-state index in [1.807, 2.05) is 0 Å². The smallest absolute Gasteiger partial charge is 0.0438 e. The van der Waals surface area contributed by atoms with Crippen LogP contribution in [-0.2, 0) is 5.54 Å². The van der Waals surface area contributed by atoms with Crippen LogP contribution in [0.25, 0.3) is 0 Å². The molecule has 1 saturated carbocycles. The number of benzene rings is 1. The first-order chi connectivity index (χ1) is 8.58. The molecule has 0 saturated heterocycles. The van der Waals surface area contributed by atoms with Gasteiger partial charge in [-0.25, -0.2) is 0 Å². The van der Waals surface area contributed by atoms with E-state index in [0.717, 1.165) is 6.42 Å². The van der Waals surface area contributed by atoms with Gasteiger partial charge >= 0.3 is 0 Å². The molecule has 18 heavy (non-hydrogen) atoms. The maximum atomic E-state index is 6.76. The molecule has 0 heterocycles. The summed E-state index contributed by atoms with van der Waals surface area (Å²) in [6.07, 6.45) is 6.26. The van der Waals surface area contributed by atoms with E-state index in [0.29, 0.717) is 11.8 Å². The molecular formula is C17H27N. The van der Waals surface area contributed by atoms with Crippen LogP contribution in [0.3, 0.4) is 0 Å². The Kier molecular flexibility index (Phi) is 4.11. The zero-order valence-corrected chi connectivity index (χ0v) is 12.1. The first-order valence-corrected chi connectivity index (χ1v) is 7.47. The minimum Gasteiger partial charge on any atom is -0.321 e. The maximum Gasteiger partial charge on any atom is 0.0438 e. The molecule has 0 spiro atoms. The SMILES string of the molecule is CCC1CCCCC1(N)c1ccc(C(C)C)cc1. The fraction of sp³-hybridized carbons (Fsp3) is 0.647. The van der Waals surface area contributed by atoms with Gasteiger partial charge in [0.25, 0.3) is 0 Å². The second-order valence-corrected chi connectivity index (χ2v) is 6.17. The molecule has 2 atom stereocenters. The second-order valence-electron chi connectivity index (χ2n) is 6.17. The number of hydrogen-bond donors (Lipinski definition) is 1. The molecule has 1 heteroatoms. The third kappa shape index (κ3) is 2.47. The average molecular weight is 245 g/mol. The van der Waals surface area contributed by atoms with E-state index in [2.05, 4.69) is 45.0 Å².